The summed E-state index contributed by atoms with van der Waals surface area (Å²) in [5.41, 5.74) is 6.93. The lowest BCUT2D eigenvalue weighted by Crippen LogP contribution is -2.25. The molecule has 0 saturated heterocycles. The van der Waals surface area contributed by atoms with Crippen LogP contribution in [0.25, 0.3) is 0 Å². The highest BCUT2D eigenvalue weighted by Gasteiger charge is 2.37. The van der Waals surface area contributed by atoms with Gasteiger partial charge in [-0.25, -0.2) is 4.79 Å². The third-order valence-electron chi connectivity index (χ3n) is 4.37. The Morgan fingerprint density at radius 2 is 1.93 bits per heavy atom. The molecule has 3 rings (SSSR count). The van der Waals surface area contributed by atoms with Gasteiger partial charge in [-0.15, -0.1) is 0 Å². The van der Waals surface area contributed by atoms with Gasteiger partial charge in [0, 0.05) is 10.0 Å². The molecular weight excluding hydrogens is 436 g/mol. The molecule has 0 amide bonds. The van der Waals surface area contributed by atoms with Gasteiger partial charge in [0.15, 0.2) is 0 Å². The van der Waals surface area contributed by atoms with Crippen LogP contribution < -0.4 is 10.5 Å². The van der Waals surface area contributed by atoms with Gasteiger partial charge in [0.2, 0.25) is 5.88 Å². The molecule has 0 aromatic heterocycles. The molecule has 6 nitrogen and oxygen atoms in total. The van der Waals surface area contributed by atoms with E-state index >= 15 is 0 Å². The largest absolute Gasteiger partial charge is 0.463 e. The first kappa shape index (κ1) is 20.5. The Balaban J connectivity index is 2.12. The maximum absolute atomic E-state index is 12.7. The molecule has 0 saturated carbocycles. The molecule has 0 fully saturated rings. The van der Waals surface area contributed by atoms with Crippen molar-refractivity contribution in [2.45, 2.75) is 19.8 Å². The van der Waals surface area contributed by atoms with Gasteiger partial charge in [0.25, 0.3) is 0 Å². The number of ether oxygens (including phenoxy) is 3. The highest BCUT2D eigenvalue weighted by Crippen LogP contribution is 2.43. The first-order valence-corrected chi connectivity index (χ1v) is 9.73. The van der Waals surface area contributed by atoms with Crippen LogP contribution in [0.2, 0.25) is 0 Å². The standard InChI is InChI=1S/C22H19BrN2O4/c1-3-27-22(26)19-13(2)28-21(25)17(12-24)20(19)16-6-4-5-7-18(16)29-15-10-8-14(23)9-11-15/h4-11,20H,3,25H2,1-2H3. The van der Waals surface area contributed by atoms with Gasteiger partial charge >= 0.3 is 5.97 Å². The molecule has 1 aliphatic rings. The number of para-hydroxylation sites is 1. The van der Waals surface area contributed by atoms with Crippen molar-refractivity contribution in [1.82, 2.24) is 0 Å². The van der Waals surface area contributed by atoms with Crippen molar-refractivity contribution in [1.29, 1.82) is 5.26 Å². The van der Waals surface area contributed by atoms with Crippen LogP contribution in [-0.2, 0) is 14.3 Å². The SMILES string of the molecule is CCOC(=O)C1=C(C)OC(N)=C(C#N)C1c1ccccc1Oc1ccc(Br)cc1. The summed E-state index contributed by atoms with van der Waals surface area (Å²) in [6.45, 7) is 3.53. The summed E-state index contributed by atoms with van der Waals surface area (Å²) in [5, 5.41) is 9.73. The number of nitriles is 1. The topological polar surface area (TPSA) is 94.6 Å². The molecule has 0 aliphatic carbocycles. The second-order valence-electron chi connectivity index (χ2n) is 6.21. The predicted molar refractivity (Wildman–Crippen MR) is 111 cm³/mol. The summed E-state index contributed by atoms with van der Waals surface area (Å²) in [6, 6.07) is 16.6. The summed E-state index contributed by atoms with van der Waals surface area (Å²) in [5.74, 6) is 0.0384. The van der Waals surface area contributed by atoms with Crippen molar-refractivity contribution < 1.29 is 19.0 Å². The van der Waals surface area contributed by atoms with Crippen LogP contribution in [0.4, 0.5) is 0 Å². The number of hydrogen-bond donors (Lipinski definition) is 1. The Bertz CT molecular complexity index is 1040. The van der Waals surface area contributed by atoms with E-state index in [1.54, 1.807) is 26.0 Å². The number of rotatable bonds is 5. The van der Waals surface area contributed by atoms with Crippen molar-refractivity contribution in [3.8, 4) is 17.6 Å². The molecule has 2 N–H and O–H groups in total. The van der Waals surface area contributed by atoms with Gasteiger partial charge in [-0.05, 0) is 44.2 Å². The first-order chi connectivity index (χ1) is 14.0. The van der Waals surface area contributed by atoms with E-state index in [2.05, 4.69) is 22.0 Å². The van der Waals surface area contributed by atoms with Gasteiger partial charge in [-0.1, -0.05) is 34.1 Å². The average Bonchev–Trinajstić information content (AvgIpc) is 2.70. The zero-order valence-electron chi connectivity index (χ0n) is 15.9. The third kappa shape index (κ3) is 4.28. The Morgan fingerprint density at radius 1 is 1.24 bits per heavy atom. The van der Waals surface area contributed by atoms with Gasteiger partial charge in [0.1, 0.15) is 28.9 Å². The summed E-state index contributed by atoms with van der Waals surface area (Å²) >= 11 is 3.39. The molecular formula is C22H19BrN2O4. The molecule has 2 aromatic carbocycles. The summed E-state index contributed by atoms with van der Waals surface area (Å²) in [4.78, 5) is 12.7. The maximum Gasteiger partial charge on any atom is 0.338 e. The molecule has 0 bridgehead atoms. The number of halogens is 1. The minimum absolute atomic E-state index is 0.0403. The lowest BCUT2D eigenvalue weighted by atomic mass is 9.82. The van der Waals surface area contributed by atoms with Crippen molar-refractivity contribution >= 4 is 21.9 Å². The van der Waals surface area contributed by atoms with Crippen molar-refractivity contribution in [2.24, 2.45) is 5.73 Å². The van der Waals surface area contributed by atoms with E-state index in [0.717, 1.165) is 4.47 Å². The Labute approximate surface area is 177 Å². The zero-order valence-corrected chi connectivity index (χ0v) is 17.5. The fraction of sp³-hybridized carbons (Fsp3) is 0.182. The number of nitrogens with zero attached hydrogens (tertiary/aromatic N) is 1. The molecule has 1 atom stereocenters. The van der Waals surface area contributed by atoms with Gasteiger partial charge < -0.3 is 19.9 Å². The Hall–Kier alpha value is -3.24. The summed E-state index contributed by atoms with van der Waals surface area (Å²) in [6.07, 6.45) is 0. The molecule has 0 spiro atoms. The van der Waals surface area contributed by atoms with E-state index in [-0.39, 0.29) is 23.6 Å². The summed E-state index contributed by atoms with van der Waals surface area (Å²) < 4.78 is 17.7. The molecule has 2 aromatic rings. The van der Waals surface area contributed by atoms with E-state index in [9.17, 15) is 10.1 Å². The number of benzene rings is 2. The molecule has 148 valence electrons. The van der Waals surface area contributed by atoms with Crippen LogP contribution in [-0.4, -0.2) is 12.6 Å². The van der Waals surface area contributed by atoms with Crippen LogP contribution >= 0.6 is 15.9 Å². The fourth-order valence-electron chi connectivity index (χ4n) is 3.11. The van der Waals surface area contributed by atoms with Gasteiger partial charge in [-0.2, -0.15) is 5.26 Å². The van der Waals surface area contributed by atoms with Crippen LogP contribution in [0, 0.1) is 11.3 Å². The van der Waals surface area contributed by atoms with Crippen LogP contribution in [0.15, 0.2) is 75.8 Å². The minimum atomic E-state index is -0.764. The molecule has 0 radical (unpaired) electrons. The average molecular weight is 455 g/mol. The second kappa shape index (κ2) is 8.84. The number of esters is 1. The van der Waals surface area contributed by atoms with Gasteiger partial charge in [-0.3, -0.25) is 0 Å². The monoisotopic (exact) mass is 454 g/mol. The second-order valence-corrected chi connectivity index (χ2v) is 7.12. The van der Waals surface area contributed by atoms with Crippen molar-refractivity contribution in [3.05, 3.63) is 81.4 Å². The van der Waals surface area contributed by atoms with Crippen LogP contribution in [0.1, 0.15) is 25.3 Å². The number of carbonyl (C=O) groups excluding carboxylic acids is 1. The van der Waals surface area contributed by atoms with E-state index in [1.165, 1.54) is 0 Å². The fourth-order valence-corrected chi connectivity index (χ4v) is 3.37. The van der Waals surface area contributed by atoms with E-state index in [1.807, 2.05) is 36.4 Å². The smallest absolute Gasteiger partial charge is 0.338 e. The zero-order chi connectivity index (χ0) is 21.0. The predicted octanol–water partition coefficient (Wildman–Crippen LogP) is 4.89. The lowest BCUT2D eigenvalue weighted by molar-refractivity contribution is -0.139. The normalized spacial score (nSPS) is 16.1. The van der Waals surface area contributed by atoms with Crippen molar-refractivity contribution in [3.63, 3.8) is 0 Å². The van der Waals surface area contributed by atoms with Crippen LogP contribution in [0.3, 0.4) is 0 Å². The highest BCUT2D eigenvalue weighted by atomic mass is 79.9. The molecule has 1 aliphatic heterocycles. The number of nitrogens with two attached hydrogens (primary N) is 1. The number of carbonyl (C=O) groups is 1. The minimum Gasteiger partial charge on any atom is -0.463 e. The summed E-state index contributed by atoms with van der Waals surface area (Å²) in [7, 11) is 0. The maximum atomic E-state index is 12.7. The van der Waals surface area contributed by atoms with E-state index in [0.29, 0.717) is 22.8 Å². The first-order valence-electron chi connectivity index (χ1n) is 8.94. The van der Waals surface area contributed by atoms with E-state index < -0.39 is 11.9 Å². The van der Waals surface area contributed by atoms with E-state index in [4.69, 9.17) is 19.9 Å². The van der Waals surface area contributed by atoms with Gasteiger partial charge in [0.05, 0.1) is 18.1 Å². The van der Waals surface area contributed by atoms with Crippen molar-refractivity contribution in [2.75, 3.05) is 6.61 Å². The molecule has 1 unspecified atom stereocenters. The third-order valence-corrected chi connectivity index (χ3v) is 4.90. The Kier molecular flexibility index (Phi) is 6.25. The van der Waals surface area contributed by atoms with Crippen LogP contribution in [0.5, 0.6) is 11.5 Å². The Morgan fingerprint density at radius 3 is 2.59 bits per heavy atom. The lowest BCUT2D eigenvalue weighted by Gasteiger charge is -2.28. The highest BCUT2D eigenvalue weighted by molar-refractivity contribution is 9.10. The number of hydrogen-bond acceptors (Lipinski definition) is 6. The molecule has 7 heteroatoms. The molecule has 1 heterocycles. The quantitative estimate of drug-likeness (QED) is 0.646. The number of allylic oxidation sites excluding steroid dienone is 2. The molecule has 29 heavy (non-hydrogen) atoms.